The minimum Gasteiger partial charge on any atom is -0.486 e. The number of ether oxygens (including phenoxy) is 1. The first kappa shape index (κ1) is 17.0. The van der Waals surface area contributed by atoms with E-state index in [1.54, 1.807) is 61.3 Å². The lowest BCUT2D eigenvalue weighted by Gasteiger charge is -2.03. The first-order valence-corrected chi connectivity index (χ1v) is 8.09. The summed E-state index contributed by atoms with van der Waals surface area (Å²) in [6, 6.07) is 10.7. The number of aryl methyl sites for hydroxylation is 2. The molecule has 128 valence electrons. The zero-order valence-electron chi connectivity index (χ0n) is 13.9. The molecule has 6 heteroatoms. The summed E-state index contributed by atoms with van der Waals surface area (Å²) >= 11 is 5.83. The van der Waals surface area contributed by atoms with E-state index in [1.807, 2.05) is 6.07 Å². The van der Waals surface area contributed by atoms with Crippen LogP contribution in [0.1, 0.15) is 27.6 Å². The van der Waals surface area contributed by atoms with Crippen LogP contribution in [0.25, 0.3) is 6.08 Å². The number of hydrogen-bond donors (Lipinski definition) is 0. The third kappa shape index (κ3) is 4.39. The van der Waals surface area contributed by atoms with Crippen molar-refractivity contribution in [1.29, 1.82) is 0 Å². The predicted octanol–water partition coefficient (Wildman–Crippen LogP) is 4.45. The van der Waals surface area contributed by atoms with Crippen LogP contribution in [0.15, 0.2) is 53.1 Å². The number of nitrogens with zero attached hydrogens (tertiary/aromatic N) is 2. The minimum absolute atomic E-state index is 0.110. The van der Waals surface area contributed by atoms with Crippen molar-refractivity contribution < 1.29 is 13.9 Å². The fraction of sp³-hybridized carbons (Fsp3) is 0.158. The second-order valence-electron chi connectivity index (χ2n) is 5.55. The number of halogens is 1. The van der Waals surface area contributed by atoms with Gasteiger partial charge in [0.1, 0.15) is 23.9 Å². The van der Waals surface area contributed by atoms with E-state index in [4.69, 9.17) is 20.8 Å². The van der Waals surface area contributed by atoms with E-state index >= 15 is 0 Å². The zero-order chi connectivity index (χ0) is 17.8. The topological polar surface area (TPSA) is 57.3 Å². The van der Waals surface area contributed by atoms with E-state index in [-0.39, 0.29) is 5.78 Å². The molecule has 3 aromatic rings. The molecule has 0 unspecified atom stereocenters. The quantitative estimate of drug-likeness (QED) is 0.483. The van der Waals surface area contributed by atoms with Crippen LogP contribution >= 0.6 is 11.6 Å². The summed E-state index contributed by atoms with van der Waals surface area (Å²) in [5.74, 6) is 1.85. The number of hydrogen-bond acceptors (Lipinski definition) is 4. The van der Waals surface area contributed by atoms with Gasteiger partial charge in [-0.2, -0.15) is 5.10 Å². The van der Waals surface area contributed by atoms with Crippen molar-refractivity contribution in [2.75, 3.05) is 0 Å². The molecular weight excluding hydrogens is 340 g/mol. The van der Waals surface area contributed by atoms with Crippen molar-refractivity contribution in [2.24, 2.45) is 7.05 Å². The maximum absolute atomic E-state index is 12.2. The van der Waals surface area contributed by atoms with Gasteiger partial charge in [-0.25, -0.2) is 0 Å². The van der Waals surface area contributed by atoms with Crippen LogP contribution in [0.2, 0.25) is 5.02 Å². The van der Waals surface area contributed by atoms with Gasteiger partial charge >= 0.3 is 0 Å². The zero-order valence-corrected chi connectivity index (χ0v) is 14.7. The van der Waals surface area contributed by atoms with Gasteiger partial charge in [0.2, 0.25) is 0 Å². The Morgan fingerprint density at radius 2 is 2.04 bits per heavy atom. The smallest absolute Gasteiger partial charge is 0.189 e. The predicted molar refractivity (Wildman–Crippen MR) is 95.8 cm³/mol. The van der Waals surface area contributed by atoms with Crippen molar-refractivity contribution >= 4 is 23.5 Å². The van der Waals surface area contributed by atoms with Crippen LogP contribution in [0.5, 0.6) is 5.75 Å². The molecule has 0 saturated heterocycles. The van der Waals surface area contributed by atoms with E-state index in [0.29, 0.717) is 40.2 Å². The Kier molecular flexibility index (Phi) is 5.05. The molecule has 2 heterocycles. The third-order valence-electron chi connectivity index (χ3n) is 3.56. The van der Waals surface area contributed by atoms with E-state index in [0.717, 1.165) is 0 Å². The van der Waals surface area contributed by atoms with Gasteiger partial charge < -0.3 is 9.15 Å². The lowest BCUT2D eigenvalue weighted by Crippen LogP contribution is -1.94. The lowest BCUT2D eigenvalue weighted by molar-refractivity contribution is 0.104. The highest BCUT2D eigenvalue weighted by Crippen LogP contribution is 2.18. The van der Waals surface area contributed by atoms with Crippen molar-refractivity contribution in [2.45, 2.75) is 13.5 Å². The van der Waals surface area contributed by atoms with Gasteiger partial charge in [-0.3, -0.25) is 9.48 Å². The fourth-order valence-electron chi connectivity index (χ4n) is 2.34. The summed E-state index contributed by atoms with van der Waals surface area (Å²) in [5.41, 5.74) is 1.28. The monoisotopic (exact) mass is 356 g/mol. The number of rotatable bonds is 6. The number of aromatic nitrogens is 2. The molecule has 0 aliphatic carbocycles. The van der Waals surface area contributed by atoms with E-state index in [2.05, 4.69) is 5.10 Å². The molecule has 0 fully saturated rings. The molecule has 0 saturated carbocycles. The Morgan fingerprint density at radius 3 is 2.72 bits per heavy atom. The molecule has 0 spiro atoms. The van der Waals surface area contributed by atoms with Crippen LogP contribution in [0.4, 0.5) is 0 Å². The Bertz CT molecular complexity index is 907. The van der Waals surface area contributed by atoms with Crippen molar-refractivity contribution in [1.82, 2.24) is 9.78 Å². The Labute approximate surface area is 150 Å². The highest BCUT2D eigenvalue weighted by Gasteiger charge is 2.09. The molecule has 0 bridgehead atoms. The second kappa shape index (κ2) is 7.40. The first-order chi connectivity index (χ1) is 12.0. The summed E-state index contributed by atoms with van der Waals surface area (Å²) in [6.07, 6.45) is 4.82. The molecule has 0 N–H and O–H groups in total. The average Bonchev–Trinajstić information content (AvgIpc) is 3.18. The maximum Gasteiger partial charge on any atom is 0.189 e. The summed E-state index contributed by atoms with van der Waals surface area (Å²) in [7, 11) is 1.78. The molecule has 0 atom stereocenters. The van der Waals surface area contributed by atoms with Crippen LogP contribution in [-0.4, -0.2) is 15.6 Å². The summed E-state index contributed by atoms with van der Waals surface area (Å²) < 4.78 is 12.9. The van der Waals surface area contributed by atoms with Gasteiger partial charge in [0, 0.05) is 18.3 Å². The number of carbonyl (C=O) groups is 1. The Hall–Kier alpha value is -2.79. The molecule has 0 radical (unpaired) electrons. The number of allylic oxidation sites excluding steroid dienone is 1. The maximum atomic E-state index is 12.2. The standard InChI is InChI=1S/C19H17ClN2O3/c1-13-18(11-22(2)21-13)19(23)10-9-16-7-8-17(25-16)12-24-15-5-3-14(20)4-6-15/h3-11H,12H2,1-2H3. The SMILES string of the molecule is Cc1nn(C)cc1C(=O)C=Cc1ccc(COc2ccc(Cl)cc2)o1. The fourth-order valence-corrected chi connectivity index (χ4v) is 2.46. The van der Waals surface area contributed by atoms with Crippen LogP contribution < -0.4 is 4.74 Å². The third-order valence-corrected chi connectivity index (χ3v) is 3.81. The van der Waals surface area contributed by atoms with Crippen LogP contribution in [0, 0.1) is 6.92 Å². The van der Waals surface area contributed by atoms with Crippen molar-refractivity contribution in [3.05, 3.63) is 76.5 Å². The Balaban J connectivity index is 1.60. The van der Waals surface area contributed by atoms with E-state index < -0.39 is 0 Å². The number of benzene rings is 1. The van der Waals surface area contributed by atoms with Gasteiger partial charge in [0.15, 0.2) is 5.78 Å². The minimum atomic E-state index is -0.110. The normalized spacial score (nSPS) is 11.2. The number of furan rings is 1. The highest BCUT2D eigenvalue weighted by atomic mass is 35.5. The average molecular weight is 357 g/mol. The van der Waals surface area contributed by atoms with Gasteiger partial charge in [0.05, 0.1) is 11.3 Å². The summed E-state index contributed by atoms with van der Waals surface area (Å²) in [5, 5.41) is 4.82. The largest absolute Gasteiger partial charge is 0.486 e. The summed E-state index contributed by atoms with van der Waals surface area (Å²) in [6.45, 7) is 2.10. The number of ketones is 1. The molecule has 3 rings (SSSR count). The first-order valence-electron chi connectivity index (χ1n) is 7.71. The van der Waals surface area contributed by atoms with Gasteiger partial charge in [-0.05, 0) is 55.5 Å². The molecule has 0 amide bonds. The molecule has 2 aromatic heterocycles. The molecule has 25 heavy (non-hydrogen) atoms. The van der Waals surface area contributed by atoms with Crippen LogP contribution in [0.3, 0.4) is 0 Å². The van der Waals surface area contributed by atoms with Crippen LogP contribution in [-0.2, 0) is 13.7 Å². The van der Waals surface area contributed by atoms with E-state index in [1.165, 1.54) is 6.08 Å². The lowest BCUT2D eigenvalue weighted by atomic mass is 10.1. The Morgan fingerprint density at radius 1 is 1.28 bits per heavy atom. The van der Waals surface area contributed by atoms with Gasteiger partial charge in [-0.1, -0.05) is 11.6 Å². The molecule has 1 aromatic carbocycles. The highest BCUT2D eigenvalue weighted by molar-refractivity contribution is 6.30. The summed E-state index contributed by atoms with van der Waals surface area (Å²) in [4.78, 5) is 12.2. The van der Waals surface area contributed by atoms with Crippen molar-refractivity contribution in [3.63, 3.8) is 0 Å². The molecule has 0 aliphatic rings. The second-order valence-corrected chi connectivity index (χ2v) is 5.98. The van der Waals surface area contributed by atoms with Gasteiger partial charge in [-0.15, -0.1) is 0 Å². The van der Waals surface area contributed by atoms with Gasteiger partial charge in [0.25, 0.3) is 0 Å². The van der Waals surface area contributed by atoms with Crippen molar-refractivity contribution in [3.8, 4) is 5.75 Å². The molecular formula is C19H17ClN2O3. The molecule has 5 nitrogen and oxygen atoms in total. The number of carbonyl (C=O) groups excluding carboxylic acids is 1. The molecule has 0 aliphatic heterocycles. The van der Waals surface area contributed by atoms with E-state index in [9.17, 15) is 4.79 Å².